The highest BCUT2D eigenvalue weighted by Gasteiger charge is 2.12. The van der Waals surface area contributed by atoms with Crippen molar-refractivity contribution in [2.45, 2.75) is 25.8 Å². The van der Waals surface area contributed by atoms with Gasteiger partial charge in [0.2, 0.25) is 0 Å². The minimum Gasteiger partial charge on any atom is -0.468 e. The smallest absolute Gasteiger partial charge is 0.120 e. The van der Waals surface area contributed by atoms with Gasteiger partial charge in [-0.25, -0.2) is 0 Å². The summed E-state index contributed by atoms with van der Waals surface area (Å²) in [5, 5.41) is 3.48. The van der Waals surface area contributed by atoms with Gasteiger partial charge in [-0.05, 0) is 45.0 Å². The van der Waals surface area contributed by atoms with Crippen molar-refractivity contribution in [3.05, 3.63) is 24.2 Å². The molecule has 84 valence electrons. The maximum atomic E-state index is 5.34. The van der Waals surface area contributed by atoms with Crippen LogP contribution >= 0.6 is 0 Å². The third kappa shape index (κ3) is 3.08. The number of likely N-dealkylation sites (tertiary alicyclic amines) is 1. The van der Waals surface area contributed by atoms with Crippen LogP contribution in [-0.4, -0.2) is 31.1 Å². The van der Waals surface area contributed by atoms with Gasteiger partial charge < -0.3 is 14.6 Å². The zero-order chi connectivity index (χ0) is 10.5. The molecule has 3 heteroatoms. The summed E-state index contributed by atoms with van der Waals surface area (Å²) < 4.78 is 5.34. The van der Waals surface area contributed by atoms with Crippen molar-refractivity contribution < 1.29 is 4.42 Å². The molecule has 0 bridgehead atoms. The van der Waals surface area contributed by atoms with Crippen LogP contribution in [0.25, 0.3) is 0 Å². The lowest BCUT2D eigenvalue weighted by atomic mass is 10.2. The third-order valence-corrected chi connectivity index (χ3v) is 3.05. The first-order valence-electron chi connectivity index (χ1n) is 5.85. The molecule has 1 aromatic rings. The predicted molar refractivity (Wildman–Crippen MR) is 60.8 cm³/mol. The Balaban J connectivity index is 1.65. The molecule has 0 spiro atoms. The van der Waals surface area contributed by atoms with Gasteiger partial charge in [0.05, 0.1) is 12.3 Å². The van der Waals surface area contributed by atoms with E-state index in [2.05, 4.69) is 17.1 Å². The molecule has 1 atom stereocenters. The molecule has 0 saturated carbocycles. The van der Waals surface area contributed by atoms with Crippen LogP contribution in [-0.2, 0) is 0 Å². The van der Waals surface area contributed by atoms with Gasteiger partial charge in [0.25, 0.3) is 0 Å². The normalized spacial score (nSPS) is 19.5. The summed E-state index contributed by atoms with van der Waals surface area (Å²) in [7, 11) is 0. The molecule has 1 aliphatic rings. The van der Waals surface area contributed by atoms with E-state index in [4.69, 9.17) is 4.42 Å². The zero-order valence-corrected chi connectivity index (χ0v) is 9.41. The minimum atomic E-state index is 0.322. The molecular weight excluding hydrogens is 188 g/mol. The first kappa shape index (κ1) is 10.7. The van der Waals surface area contributed by atoms with Crippen molar-refractivity contribution in [3.8, 4) is 0 Å². The average Bonchev–Trinajstić information content (AvgIpc) is 2.90. The fourth-order valence-corrected chi connectivity index (χ4v) is 2.08. The number of hydrogen-bond donors (Lipinski definition) is 1. The second-order valence-electron chi connectivity index (χ2n) is 4.24. The zero-order valence-electron chi connectivity index (χ0n) is 9.41. The Morgan fingerprint density at radius 1 is 1.47 bits per heavy atom. The maximum absolute atomic E-state index is 5.34. The summed E-state index contributed by atoms with van der Waals surface area (Å²) in [5.41, 5.74) is 0. The van der Waals surface area contributed by atoms with E-state index in [9.17, 15) is 0 Å². The first-order valence-corrected chi connectivity index (χ1v) is 5.85. The van der Waals surface area contributed by atoms with Crippen LogP contribution in [0.1, 0.15) is 31.6 Å². The van der Waals surface area contributed by atoms with E-state index in [1.165, 1.54) is 25.9 Å². The Hall–Kier alpha value is -0.800. The molecule has 1 unspecified atom stereocenters. The van der Waals surface area contributed by atoms with Crippen molar-refractivity contribution in [1.82, 2.24) is 10.2 Å². The van der Waals surface area contributed by atoms with Crippen molar-refractivity contribution in [2.24, 2.45) is 0 Å². The highest BCUT2D eigenvalue weighted by atomic mass is 16.3. The number of furan rings is 1. The van der Waals surface area contributed by atoms with Crippen LogP contribution in [0, 0.1) is 0 Å². The van der Waals surface area contributed by atoms with Crippen LogP contribution < -0.4 is 5.32 Å². The van der Waals surface area contributed by atoms with Crippen molar-refractivity contribution in [2.75, 3.05) is 26.2 Å². The number of hydrogen-bond acceptors (Lipinski definition) is 3. The SMILES string of the molecule is CC(NCCN1CCCC1)c1ccco1. The van der Waals surface area contributed by atoms with Gasteiger partial charge in [0.1, 0.15) is 5.76 Å². The summed E-state index contributed by atoms with van der Waals surface area (Å²) >= 11 is 0. The van der Waals surface area contributed by atoms with E-state index >= 15 is 0 Å². The van der Waals surface area contributed by atoms with Gasteiger partial charge in [-0.2, -0.15) is 0 Å². The van der Waals surface area contributed by atoms with Gasteiger partial charge in [-0.3, -0.25) is 0 Å². The van der Waals surface area contributed by atoms with E-state index in [1.54, 1.807) is 6.26 Å². The molecule has 0 radical (unpaired) electrons. The maximum Gasteiger partial charge on any atom is 0.120 e. The summed E-state index contributed by atoms with van der Waals surface area (Å²) in [4.78, 5) is 2.52. The molecular formula is C12H20N2O. The van der Waals surface area contributed by atoms with Crippen molar-refractivity contribution >= 4 is 0 Å². The molecule has 1 fully saturated rings. The minimum absolute atomic E-state index is 0.322. The summed E-state index contributed by atoms with van der Waals surface area (Å²) in [6.07, 6.45) is 4.47. The molecule has 1 saturated heterocycles. The fraction of sp³-hybridized carbons (Fsp3) is 0.667. The van der Waals surface area contributed by atoms with Crippen LogP contribution in [0.4, 0.5) is 0 Å². The predicted octanol–water partition coefficient (Wildman–Crippen LogP) is 2.03. The Bertz CT molecular complexity index is 265. The molecule has 2 heterocycles. The highest BCUT2D eigenvalue weighted by Crippen LogP contribution is 2.12. The molecule has 3 nitrogen and oxygen atoms in total. The lowest BCUT2D eigenvalue weighted by Crippen LogP contribution is -2.31. The van der Waals surface area contributed by atoms with Gasteiger partial charge in [0.15, 0.2) is 0 Å². The monoisotopic (exact) mass is 208 g/mol. The van der Waals surface area contributed by atoms with Gasteiger partial charge >= 0.3 is 0 Å². The fourth-order valence-electron chi connectivity index (χ4n) is 2.08. The van der Waals surface area contributed by atoms with Crippen LogP contribution in [0.5, 0.6) is 0 Å². The van der Waals surface area contributed by atoms with E-state index in [0.29, 0.717) is 6.04 Å². The Kier molecular flexibility index (Phi) is 3.80. The van der Waals surface area contributed by atoms with E-state index in [0.717, 1.165) is 18.8 Å². The van der Waals surface area contributed by atoms with Gasteiger partial charge in [0, 0.05) is 13.1 Å². The first-order chi connectivity index (χ1) is 7.36. The Labute approximate surface area is 91.4 Å². The quantitative estimate of drug-likeness (QED) is 0.802. The lowest BCUT2D eigenvalue weighted by Gasteiger charge is -2.17. The molecule has 0 aliphatic carbocycles. The van der Waals surface area contributed by atoms with E-state index in [1.807, 2.05) is 12.1 Å². The molecule has 1 N–H and O–H groups in total. The molecule has 1 aliphatic heterocycles. The lowest BCUT2D eigenvalue weighted by molar-refractivity contribution is 0.323. The summed E-state index contributed by atoms with van der Waals surface area (Å²) in [6, 6.07) is 4.28. The van der Waals surface area contributed by atoms with Crippen molar-refractivity contribution in [3.63, 3.8) is 0 Å². The highest BCUT2D eigenvalue weighted by molar-refractivity contribution is 5.02. The summed E-state index contributed by atoms with van der Waals surface area (Å²) in [5.74, 6) is 1.02. The van der Waals surface area contributed by atoms with E-state index in [-0.39, 0.29) is 0 Å². The molecule has 0 amide bonds. The second kappa shape index (κ2) is 5.33. The van der Waals surface area contributed by atoms with Crippen molar-refractivity contribution in [1.29, 1.82) is 0 Å². The topological polar surface area (TPSA) is 28.4 Å². The number of nitrogens with zero attached hydrogens (tertiary/aromatic N) is 1. The van der Waals surface area contributed by atoms with Gasteiger partial charge in [-0.1, -0.05) is 0 Å². The largest absolute Gasteiger partial charge is 0.468 e. The standard InChI is InChI=1S/C12H20N2O/c1-11(12-5-4-10-15-12)13-6-9-14-7-2-3-8-14/h4-5,10-11,13H,2-3,6-9H2,1H3. The number of nitrogens with one attached hydrogen (secondary N) is 1. The van der Waals surface area contributed by atoms with Gasteiger partial charge in [-0.15, -0.1) is 0 Å². The third-order valence-electron chi connectivity index (χ3n) is 3.05. The van der Waals surface area contributed by atoms with Crippen LogP contribution in [0.2, 0.25) is 0 Å². The summed E-state index contributed by atoms with van der Waals surface area (Å²) in [6.45, 7) is 6.89. The Morgan fingerprint density at radius 3 is 2.93 bits per heavy atom. The average molecular weight is 208 g/mol. The van der Waals surface area contributed by atoms with Crippen LogP contribution in [0.3, 0.4) is 0 Å². The molecule has 1 aromatic heterocycles. The molecule has 2 rings (SSSR count). The second-order valence-corrected chi connectivity index (χ2v) is 4.24. The van der Waals surface area contributed by atoms with Crippen LogP contribution in [0.15, 0.2) is 22.8 Å². The Morgan fingerprint density at radius 2 is 2.27 bits per heavy atom. The van der Waals surface area contributed by atoms with E-state index < -0.39 is 0 Å². The molecule has 0 aromatic carbocycles. The number of rotatable bonds is 5. The molecule has 15 heavy (non-hydrogen) atoms.